The van der Waals surface area contributed by atoms with Gasteiger partial charge in [0.25, 0.3) is 5.88 Å². The van der Waals surface area contributed by atoms with E-state index >= 15 is 0 Å². The number of hydrogen-bond donors (Lipinski definition) is 2. The van der Waals surface area contributed by atoms with E-state index in [4.69, 9.17) is 9.47 Å². The molecule has 1 aromatic heterocycles. The van der Waals surface area contributed by atoms with Crippen LogP contribution in [0, 0.1) is 15.9 Å². The number of nitrogens with one attached hydrogen (secondary N) is 1. The fraction of sp³-hybridized carbons (Fsp3) is 0.100. The van der Waals surface area contributed by atoms with Gasteiger partial charge in [-0.15, -0.1) is 0 Å². The molecule has 0 unspecified atom stereocenters. The van der Waals surface area contributed by atoms with E-state index in [0.717, 1.165) is 5.56 Å². The standard InChI is InChI=1S/C20H16FN3O6/c1-29-16-10-12(4-8-15(16)30-11-13-2-6-14(21)7-3-13)5-9-17-22-19(25)18(24(27)28)20(26)23-17/h2-10H,11H2,1H3,(H2,22,23,25,26)/b9-5+. The summed E-state index contributed by atoms with van der Waals surface area (Å²) in [5.41, 5.74) is -0.636. The number of aromatic amines is 1. The van der Waals surface area contributed by atoms with E-state index in [1.54, 1.807) is 36.4 Å². The zero-order valence-corrected chi connectivity index (χ0v) is 15.7. The van der Waals surface area contributed by atoms with Crippen LogP contribution in [0.5, 0.6) is 17.4 Å². The minimum atomic E-state index is -1.06. The number of rotatable bonds is 7. The van der Waals surface area contributed by atoms with Gasteiger partial charge in [-0.3, -0.25) is 14.9 Å². The molecule has 0 bridgehead atoms. The van der Waals surface area contributed by atoms with Crippen molar-refractivity contribution >= 4 is 17.8 Å². The Morgan fingerprint density at radius 2 is 1.93 bits per heavy atom. The van der Waals surface area contributed by atoms with Crippen molar-refractivity contribution in [3.8, 4) is 17.4 Å². The third-order valence-electron chi connectivity index (χ3n) is 4.01. The Morgan fingerprint density at radius 1 is 1.20 bits per heavy atom. The summed E-state index contributed by atoms with van der Waals surface area (Å²) in [6.45, 7) is 0.221. The second kappa shape index (κ2) is 8.86. The normalized spacial score (nSPS) is 10.9. The Morgan fingerprint density at radius 3 is 2.57 bits per heavy atom. The lowest BCUT2D eigenvalue weighted by atomic mass is 10.2. The van der Waals surface area contributed by atoms with Gasteiger partial charge in [0.1, 0.15) is 18.2 Å². The maximum Gasteiger partial charge on any atom is 0.395 e. The Balaban J connectivity index is 1.76. The molecular weight excluding hydrogens is 397 g/mol. The van der Waals surface area contributed by atoms with E-state index in [0.29, 0.717) is 17.1 Å². The second-order valence-electron chi connectivity index (χ2n) is 6.04. The fourth-order valence-corrected chi connectivity index (χ4v) is 2.54. The van der Waals surface area contributed by atoms with E-state index in [9.17, 15) is 24.4 Å². The largest absolute Gasteiger partial charge is 0.493 e. The molecule has 10 heteroatoms. The van der Waals surface area contributed by atoms with Gasteiger partial charge in [-0.1, -0.05) is 24.3 Å². The summed E-state index contributed by atoms with van der Waals surface area (Å²) in [5.74, 6) is -0.445. The van der Waals surface area contributed by atoms with Crippen molar-refractivity contribution in [2.75, 3.05) is 7.11 Å². The molecule has 0 saturated heterocycles. The van der Waals surface area contributed by atoms with Crippen molar-refractivity contribution in [2.45, 2.75) is 6.61 Å². The number of halogens is 1. The van der Waals surface area contributed by atoms with Crippen LogP contribution < -0.4 is 15.0 Å². The van der Waals surface area contributed by atoms with Crippen LogP contribution >= 0.6 is 0 Å². The first-order valence-electron chi connectivity index (χ1n) is 8.58. The van der Waals surface area contributed by atoms with E-state index < -0.39 is 22.0 Å². The predicted molar refractivity (Wildman–Crippen MR) is 106 cm³/mol. The minimum Gasteiger partial charge on any atom is -0.493 e. The summed E-state index contributed by atoms with van der Waals surface area (Å²) in [6, 6.07) is 11.0. The quantitative estimate of drug-likeness (QED) is 0.449. The number of benzene rings is 2. The van der Waals surface area contributed by atoms with E-state index in [2.05, 4.69) is 9.97 Å². The van der Waals surface area contributed by atoms with E-state index in [-0.39, 0.29) is 18.2 Å². The van der Waals surface area contributed by atoms with Gasteiger partial charge in [-0.25, -0.2) is 4.39 Å². The Kier molecular flexibility index (Phi) is 6.06. The van der Waals surface area contributed by atoms with Crippen molar-refractivity contribution < 1.29 is 23.9 Å². The lowest BCUT2D eigenvalue weighted by molar-refractivity contribution is -0.387. The van der Waals surface area contributed by atoms with Crippen LogP contribution in [0.1, 0.15) is 17.0 Å². The molecule has 9 nitrogen and oxygen atoms in total. The lowest BCUT2D eigenvalue weighted by Crippen LogP contribution is -2.14. The summed E-state index contributed by atoms with van der Waals surface area (Å²) >= 11 is 0. The first-order chi connectivity index (χ1) is 14.4. The molecule has 2 aromatic carbocycles. The van der Waals surface area contributed by atoms with Crippen LogP contribution in [-0.2, 0) is 6.61 Å². The number of ether oxygens (including phenoxy) is 2. The number of nitrogens with zero attached hydrogens (tertiary/aromatic N) is 2. The van der Waals surface area contributed by atoms with Gasteiger partial charge in [-0.2, -0.15) is 4.98 Å². The maximum absolute atomic E-state index is 13.0. The van der Waals surface area contributed by atoms with Gasteiger partial charge in [-0.05, 0) is 41.5 Å². The number of hydrogen-bond acceptors (Lipinski definition) is 7. The average molecular weight is 413 g/mol. The van der Waals surface area contributed by atoms with E-state index in [1.807, 2.05) is 0 Å². The molecule has 154 valence electrons. The highest BCUT2D eigenvalue weighted by Crippen LogP contribution is 2.29. The van der Waals surface area contributed by atoms with Crippen LogP contribution in [0.25, 0.3) is 12.2 Å². The van der Waals surface area contributed by atoms with Gasteiger partial charge >= 0.3 is 11.2 Å². The topological polar surface area (TPSA) is 128 Å². The highest BCUT2D eigenvalue weighted by Gasteiger charge is 2.21. The van der Waals surface area contributed by atoms with Crippen LogP contribution in [0.4, 0.5) is 10.1 Å². The number of nitro groups is 1. The molecule has 0 radical (unpaired) electrons. The van der Waals surface area contributed by atoms with Gasteiger partial charge < -0.3 is 19.6 Å². The molecule has 0 saturated carbocycles. The smallest absolute Gasteiger partial charge is 0.395 e. The third kappa shape index (κ3) is 4.79. The zero-order valence-electron chi connectivity index (χ0n) is 15.7. The minimum absolute atomic E-state index is 0.0568. The maximum atomic E-state index is 13.0. The first kappa shape index (κ1) is 20.5. The summed E-state index contributed by atoms with van der Waals surface area (Å²) < 4.78 is 24.0. The van der Waals surface area contributed by atoms with Crippen molar-refractivity contribution in [1.29, 1.82) is 0 Å². The number of aromatic hydroxyl groups is 1. The molecule has 0 aliphatic rings. The molecule has 3 rings (SSSR count). The first-order valence-corrected chi connectivity index (χ1v) is 8.58. The van der Waals surface area contributed by atoms with Gasteiger partial charge in [0.15, 0.2) is 11.5 Å². The second-order valence-corrected chi connectivity index (χ2v) is 6.04. The zero-order chi connectivity index (χ0) is 21.7. The van der Waals surface area contributed by atoms with Crippen molar-refractivity contribution in [3.05, 3.63) is 85.7 Å². The Labute approximate surface area is 169 Å². The fourth-order valence-electron chi connectivity index (χ4n) is 2.54. The predicted octanol–water partition coefficient (Wildman–Crippen LogP) is 3.28. The summed E-state index contributed by atoms with van der Waals surface area (Å²) in [6.07, 6.45) is 2.94. The number of aromatic nitrogens is 2. The summed E-state index contributed by atoms with van der Waals surface area (Å²) in [4.78, 5) is 27.2. The highest BCUT2D eigenvalue weighted by atomic mass is 19.1. The molecule has 2 N–H and O–H groups in total. The molecule has 0 amide bonds. The van der Waals surface area contributed by atoms with Gasteiger partial charge in [0.2, 0.25) is 0 Å². The molecule has 0 spiro atoms. The Bertz CT molecular complexity index is 1160. The molecule has 0 aliphatic heterocycles. The number of H-pyrrole nitrogens is 1. The van der Waals surface area contributed by atoms with Gasteiger partial charge in [0.05, 0.1) is 12.0 Å². The van der Waals surface area contributed by atoms with Gasteiger partial charge in [0, 0.05) is 0 Å². The summed E-state index contributed by atoms with van der Waals surface area (Å²) in [5, 5.41) is 20.3. The third-order valence-corrected chi connectivity index (χ3v) is 4.01. The molecular formula is C20H16FN3O6. The monoisotopic (exact) mass is 413 g/mol. The number of methoxy groups -OCH3 is 1. The van der Waals surface area contributed by atoms with Crippen LogP contribution in [0.3, 0.4) is 0 Å². The molecule has 0 aliphatic carbocycles. The SMILES string of the molecule is COc1cc(/C=C/c2nc(O)c([N+](=O)[O-])c(=O)[nH]2)ccc1OCc1ccc(F)cc1. The van der Waals surface area contributed by atoms with Crippen LogP contribution in [-0.4, -0.2) is 27.1 Å². The Hall–Kier alpha value is -4.21. The lowest BCUT2D eigenvalue weighted by Gasteiger charge is -2.11. The van der Waals surface area contributed by atoms with E-state index in [1.165, 1.54) is 25.3 Å². The molecule has 3 aromatic rings. The van der Waals surface area contributed by atoms with Crippen molar-refractivity contribution in [1.82, 2.24) is 9.97 Å². The summed E-state index contributed by atoms with van der Waals surface area (Å²) in [7, 11) is 1.47. The molecule has 30 heavy (non-hydrogen) atoms. The molecule has 0 fully saturated rings. The molecule has 1 heterocycles. The highest BCUT2D eigenvalue weighted by molar-refractivity contribution is 5.68. The van der Waals surface area contributed by atoms with Crippen LogP contribution in [0.2, 0.25) is 0 Å². The average Bonchev–Trinajstić information content (AvgIpc) is 2.71. The van der Waals surface area contributed by atoms with Crippen molar-refractivity contribution in [3.63, 3.8) is 0 Å². The molecule has 0 atom stereocenters. The van der Waals surface area contributed by atoms with Crippen LogP contribution in [0.15, 0.2) is 47.3 Å². The van der Waals surface area contributed by atoms with Crippen molar-refractivity contribution in [2.24, 2.45) is 0 Å².